The van der Waals surface area contributed by atoms with Crippen LogP contribution in [0.3, 0.4) is 0 Å². The third-order valence-electron chi connectivity index (χ3n) is 3.63. The van der Waals surface area contributed by atoms with Crippen LogP contribution in [0.1, 0.15) is 47.0 Å². The lowest BCUT2D eigenvalue weighted by Crippen LogP contribution is -2.50. The van der Waals surface area contributed by atoms with Gasteiger partial charge < -0.3 is 15.4 Å². The Balaban J connectivity index is 2.59. The zero-order valence-electron chi connectivity index (χ0n) is 13.5. The average Bonchev–Trinajstić information content (AvgIpc) is 2.35. The van der Waals surface area contributed by atoms with Crippen LogP contribution >= 0.6 is 0 Å². The maximum Gasteiger partial charge on any atom is 0.410 e. The Hall–Kier alpha value is -0.810. The fraction of sp³-hybridized carbons (Fsp3) is 0.933. The Labute approximate surface area is 123 Å². The Kier molecular flexibility index (Phi) is 6.76. The smallest absolute Gasteiger partial charge is 0.410 e. The summed E-state index contributed by atoms with van der Waals surface area (Å²) in [5.74, 6) is 0. The van der Waals surface area contributed by atoms with Gasteiger partial charge in [0.2, 0.25) is 0 Å². The third-order valence-corrected chi connectivity index (χ3v) is 3.63. The number of hydrogen-bond acceptors (Lipinski definition) is 4. The minimum atomic E-state index is -0.436. The third kappa shape index (κ3) is 5.67. The number of carbonyl (C=O) groups excluding carboxylic acids is 1. The highest BCUT2D eigenvalue weighted by atomic mass is 16.6. The SMILES string of the molecule is CCN(C[C@H]1CCCCN1CCN)C(=O)OC(C)(C)C. The molecular formula is C15H31N3O2. The summed E-state index contributed by atoms with van der Waals surface area (Å²) in [6.07, 6.45) is 3.39. The molecule has 20 heavy (non-hydrogen) atoms. The maximum atomic E-state index is 12.2. The van der Waals surface area contributed by atoms with E-state index in [9.17, 15) is 4.79 Å². The number of hydrogen-bond donors (Lipinski definition) is 1. The molecule has 0 aromatic heterocycles. The topological polar surface area (TPSA) is 58.8 Å². The molecular weight excluding hydrogens is 254 g/mol. The van der Waals surface area contributed by atoms with Crippen LogP contribution in [-0.4, -0.2) is 60.3 Å². The summed E-state index contributed by atoms with van der Waals surface area (Å²) in [5.41, 5.74) is 5.24. The van der Waals surface area contributed by atoms with Crippen molar-refractivity contribution in [2.75, 3.05) is 32.7 Å². The number of nitrogens with two attached hydrogens (primary N) is 1. The minimum Gasteiger partial charge on any atom is -0.444 e. The molecule has 1 saturated heterocycles. The molecule has 0 aliphatic carbocycles. The summed E-state index contributed by atoms with van der Waals surface area (Å²) in [6, 6.07) is 0.416. The number of rotatable bonds is 5. The van der Waals surface area contributed by atoms with E-state index in [1.165, 1.54) is 12.8 Å². The first-order chi connectivity index (χ1) is 9.37. The Morgan fingerprint density at radius 1 is 1.40 bits per heavy atom. The van der Waals surface area contributed by atoms with Crippen molar-refractivity contribution in [3.63, 3.8) is 0 Å². The van der Waals surface area contributed by atoms with Gasteiger partial charge in [-0.3, -0.25) is 4.90 Å². The zero-order chi connectivity index (χ0) is 15.2. The first kappa shape index (κ1) is 17.2. The quantitative estimate of drug-likeness (QED) is 0.840. The molecule has 0 bridgehead atoms. The monoisotopic (exact) mass is 285 g/mol. The van der Waals surface area contributed by atoms with Gasteiger partial charge in [-0.05, 0) is 47.1 Å². The summed E-state index contributed by atoms with van der Waals surface area (Å²) in [6.45, 7) is 11.8. The molecule has 5 nitrogen and oxygen atoms in total. The van der Waals surface area contributed by atoms with E-state index in [2.05, 4.69) is 4.90 Å². The van der Waals surface area contributed by atoms with Gasteiger partial charge in [-0.15, -0.1) is 0 Å². The van der Waals surface area contributed by atoms with Crippen LogP contribution in [0.15, 0.2) is 0 Å². The van der Waals surface area contributed by atoms with Gasteiger partial charge in [0.15, 0.2) is 0 Å². The number of likely N-dealkylation sites (N-methyl/N-ethyl adjacent to an activating group) is 1. The number of piperidine rings is 1. The zero-order valence-corrected chi connectivity index (χ0v) is 13.5. The van der Waals surface area contributed by atoms with E-state index in [1.54, 1.807) is 0 Å². The largest absolute Gasteiger partial charge is 0.444 e. The minimum absolute atomic E-state index is 0.210. The lowest BCUT2D eigenvalue weighted by molar-refractivity contribution is 0.0173. The van der Waals surface area contributed by atoms with E-state index < -0.39 is 5.60 Å². The first-order valence-corrected chi connectivity index (χ1v) is 7.79. The molecule has 118 valence electrons. The second-order valence-electron chi connectivity index (χ2n) is 6.49. The average molecular weight is 285 g/mol. The molecule has 1 heterocycles. The van der Waals surface area contributed by atoms with E-state index in [0.29, 0.717) is 19.1 Å². The van der Waals surface area contributed by atoms with Crippen LogP contribution in [0.5, 0.6) is 0 Å². The molecule has 1 atom stereocenters. The Bertz CT molecular complexity index is 300. The van der Waals surface area contributed by atoms with Gasteiger partial charge in [-0.1, -0.05) is 6.42 Å². The van der Waals surface area contributed by atoms with Gasteiger partial charge in [-0.25, -0.2) is 4.79 Å². The van der Waals surface area contributed by atoms with E-state index in [0.717, 1.165) is 26.1 Å². The van der Waals surface area contributed by atoms with Gasteiger partial charge in [-0.2, -0.15) is 0 Å². The highest BCUT2D eigenvalue weighted by molar-refractivity contribution is 5.68. The second-order valence-corrected chi connectivity index (χ2v) is 6.49. The van der Waals surface area contributed by atoms with Crippen LogP contribution in [0.2, 0.25) is 0 Å². The molecule has 0 unspecified atom stereocenters. The summed E-state index contributed by atoms with van der Waals surface area (Å²) in [4.78, 5) is 16.4. The number of nitrogens with zero attached hydrogens (tertiary/aromatic N) is 2. The van der Waals surface area contributed by atoms with Crippen LogP contribution < -0.4 is 5.73 Å². The second kappa shape index (κ2) is 7.84. The van der Waals surface area contributed by atoms with Gasteiger partial charge in [0.05, 0.1) is 0 Å². The molecule has 0 spiro atoms. The Morgan fingerprint density at radius 3 is 2.65 bits per heavy atom. The molecule has 1 fully saturated rings. The Morgan fingerprint density at radius 2 is 2.10 bits per heavy atom. The van der Waals surface area contributed by atoms with E-state index in [1.807, 2.05) is 32.6 Å². The molecule has 1 aliphatic rings. The van der Waals surface area contributed by atoms with Gasteiger partial charge >= 0.3 is 6.09 Å². The molecule has 5 heteroatoms. The molecule has 1 rings (SSSR count). The first-order valence-electron chi connectivity index (χ1n) is 7.79. The van der Waals surface area contributed by atoms with Crippen molar-refractivity contribution >= 4 is 6.09 Å². The van der Waals surface area contributed by atoms with Crippen molar-refractivity contribution in [1.82, 2.24) is 9.80 Å². The van der Waals surface area contributed by atoms with Crippen molar-refractivity contribution in [1.29, 1.82) is 0 Å². The molecule has 0 radical (unpaired) electrons. The van der Waals surface area contributed by atoms with Gasteiger partial charge in [0.1, 0.15) is 5.60 Å². The number of likely N-dealkylation sites (tertiary alicyclic amines) is 1. The molecule has 0 aromatic carbocycles. The summed E-state index contributed by atoms with van der Waals surface area (Å²) < 4.78 is 5.47. The summed E-state index contributed by atoms with van der Waals surface area (Å²) >= 11 is 0. The van der Waals surface area contributed by atoms with Crippen molar-refractivity contribution < 1.29 is 9.53 Å². The van der Waals surface area contributed by atoms with Gasteiger partial charge in [0.25, 0.3) is 0 Å². The highest BCUT2D eigenvalue weighted by Gasteiger charge is 2.27. The van der Waals surface area contributed by atoms with Crippen molar-refractivity contribution in [2.24, 2.45) is 5.73 Å². The molecule has 1 amide bonds. The van der Waals surface area contributed by atoms with Crippen LogP contribution in [0.25, 0.3) is 0 Å². The van der Waals surface area contributed by atoms with Crippen LogP contribution in [0.4, 0.5) is 4.79 Å². The predicted molar refractivity (Wildman–Crippen MR) is 81.7 cm³/mol. The van der Waals surface area contributed by atoms with Crippen molar-refractivity contribution in [3.05, 3.63) is 0 Å². The summed E-state index contributed by atoms with van der Waals surface area (Å²) in [5, 5.41) is 0. The van der Waals surface area contributed by atoms with E-state index in [4.69, 9.17) is 10.5 Å². The normalized spacial score (nSPS) is 20.8. The predicted octanol–water partition coefficient (Wildman–Crippen LogP) is 2.06. The van der Waals surface area contributed by atoms with Crippen LogP contribution in [-0.2, 0) is 4.74 Å². The fourth-order valence-electron chi connectivity index (χ4n) is 2.64. The number of ether oxygens (including phenoxy) is 1. The van der Waals surface area contributed by atoms with Crippen LogP contribution in [0, 0.1) is 0 Å². The molecule has 2 N–H and O–H groups in total. The summed E-state index contributed by atoms with van der Waals surface area (Å²) in [7, 11) is 0. The number of carbonyl (C=O) groups is 1. The van der Waals surface area contributed by atoms with Crippen molar-refractivity contribution in [3.8, 4) is 0 Å². The van der Waals surface area contributed by atoms with E-state index >= 15 is 0 Å². The molecule has 0 aromatic rings. The lowest BCUT2D eigenvalue weighted by atomic mass is 10.0. The maximum absolute atomic E-state index is 12.2. The van der Waals surface area contributed by atoms with Gasteiger partial charge in [0, 0.05) is 32.2 Å². The fourth-order valence-corrected chi connectivity index (χ4v) is 2.64. The highest BCUT2D eigenvalue weighted by Crippen LogP contribution is 2.18. The standard InChI is InChI=1S/C15H31N3O2/c1-5-17(14(19)20-15(2,3)4)12-13-8-6-7-10-18(13)11-9-16/h13H,5-12,16H2,1-4H3/t13-/m1/s1. The molecule has 0 saturated carbocycles. The lowest BCUT2D eigenvalue weighted by Gasteiger charge is -2.38. The molecule has 1 aliphatic heterocycles. The van der Waals surface area contributed by atoms with Crippen molar-refractivity contribution in [2.45, 2.75) is 58.6 Å². The van der Waals surface area contributed by atoms with E-state index in [-0.39, 0.29) is 6.09 Å². The number of amides is 1.